The van der Waals surface area contributed by atoms with Crippen molar-refractivity contribution >= 4 is 23.1 Å². The zero-order valence-electron chi connectivity index (χ0n) is 18.2. The fourth-order valence-electron chi connectivity index (χ4n) is 2.78. The average molecular weight is 397 g/mol. The maximum absolute atomic E-state index is 12.8. The molecule has 3 N–H and O–H groups in total. The topological polar surface area (TPSA) is 78.4 Å². The highest BCUT2D eigenvalue weighted by atomic mass is 16.3. The second-order valence-corrected chi connectivity index (χ2v) is 8.73. The van der Waals surface area contributed by atoms with Crippen molar-refractivity contribution in [3.8, 4) is 5.75 Å². The van der Waals surface area contributed by atoms with E-state index in [2.05, 4.69) is 31.4 Å². The van der Waals surface area contributed by atoms with Crippen LogP contribution in [0.25, 0.3) is 0 Å². The van der Waals surface area contributed by atoms with E-state index >= 15 is 0 Å². The summed E-state index contributed by atoms with van der Waals surface area (Å²) in [7, 11) is 0. The molecule has 0 fully saturated rings. The number of benzene rings is 2. The summed E-state index contributed by atoms with van der Waals surface area (Å²) in [4.78, 5) is 25.5. The van der Waals surface area contributed by atoms with Crippen LogP contribution >= 0.6 is 0 Å². The molecule has 0 unspecified atom stereocenters. The molecule has 156 valence electrons. The van der Waals surface area contributed by atoms with Gasteiger partial charge in [-0.1, -0.05) is 33.8 Å². The largest absolute Gasteiger partial charge is 0.508 e. The van der Waals surface area contributed by atoms with Gasteiger partial charge in [0.15, 0.2) is 5.78 Å². The summed E-state index contributed by atoms with van der Waals surface area (Å²) in [6.07, 6.45) is 1.62. The van der Waals surface area contributed by atoms with Gasteiger partial charge in [0.1, 0.15) is 5.75 Å². The van der Waals surface area contributed by atoms with Crippen molar-refractivity contribution in [1.82, 2.24) is 0 Å². The van der Waals surface area contributed by atoms with Crippen LogP contribution in [0.3, 0.4) is 0 Å². The van der Waals surface area contributed by atoms with E-state index in [9.17, 15) is 14.7 Å². The Morgan fingerprint density at radius 1 is 0.897 bits per heavy atom. The van der Waals surface area contributed by atoms with Gasteiger partial charge in [-0.3, -0.25) is 9.59 Å². The van der Waals surface area contributed by atoms with Gasteiger partial charge in [0, 0.05) is 33.5 Å². The van der Waals surface area contributed by atoms with Gasteiger partial charge in [0.2, 0.25) is 0 Å². The van der Waals surface area contributed by atoms with E-state index in [-0.39, 0.29) is 28.5 Å². The molecule has 0 aliphatic rings. The van der Waals surface area contributed by atoms with Gasteiger partial charge in [-0.15, -0.1) is 0 Å². The van der Waals surface area contributed by atoms with Crippen molar-refractivity contribution in [1.29, 1.82) is 0 Å². The van der Waals surface area contributed by atoms with Crippen molar-refractivity contribution < 1.29 is 14.7 Å². The molecule has 2 aromatic rings. The Morgan fingerprint density at radius 3 is 2.14 bits per heavy atom. The van der Waals surface area contributed by atoms with Gasteiger partial charge in [-0.2, -0.15) is 0 Å². The number of phenolic OH excluding ortho intramolecular Hbond substituents is 1. The standard InChI is InChI=1S/C24H32N2O3/c1-7-23(3,4)21(28)16-12-17(14-20(27)13-16)22(29)25-18-10-9-11-19(15-18)26-24(5,6)8-2/h9-15,26-27H,7-8H2,1-6H3,(H,25,29). The minimum absolute atomic E-state index is 0.0603. The predicted octanol–water partition coefficient (Wildman–Crippen LogP) is 5.86. The molecule has 0 heterocycles. The van der Waals surface area contributed by atoms with E-state index < -0.39 is 5.41 Å². The van der Waals surface area contributed by atoms with E-state index in [1.165, 1.54) is 18.2 Å². The predicted molar refractivity (Wildman–Crippen MR) is 119 cm³/mol. The summed E-state index contributed by atoms with van der Waals surface area (Å²) in [6.45, 7) is 12.0. The van der Waals surface area contributed by atoms with Crippen LogP contribution in [0.4, 0.5) is 11.4 Å². The zero-order valence-corrected chi connectivity index (χ0v) is 18.2. The van der Waals surface area contributed by atoms with Crippen molar-refractivity contribution in [3.63, 3.8) is 0 Å². The minimum atomic E-state index is -0.562. The Kier molecular flexibility index (Phi) is 6.73. The normalized spacial score (nSPS) is 11.8. The lowest BCUT2D eigenvalue weighted by molar-refractivity contribution is 0.0832. The number of phenols is 1. The number of carbonyl (C=O) groups is 2. The van der Waals surface area contributed by atoms with E-state index in [1.54, 1.807) is 6.07 Å². The third kappa shape index (κ3) is 5.83. The monoisotopic (exact) mass is 396 g/mol. The maximum atomic E-state index is 12.8. The second-order valence-electron chi connectivity index (χ2n) is 8.73. The molecule has 0 aromatic heterocycles. The van der Waals surface area contributed by atoms with Crippen LogP contribution in [-0.4, -0.2) is 22.3 Å². The van der Waals surface area contributed by atoms with Gasteiger partial charge < -0.3 is 15.7 Å². The van der Waals surface area contributed by atoms with Crippen LogP contribution in [0.1, 0.15) is 75.1 Å². The fraction of sp³-hybridized carbons (Fsp3) is 0.417. The number of nitrogens with one attached hydrogen (secondary N) is 2. The molecule has 0 aliphatic carbocycles. The highest BCUT2D eigenvalue weighted by Gasteiger charge is 2.27. The Balaban J connectivity index is 2.25. The molecule has 0 spiro atoms. The van der Waals surface area contributed by atoms with E-state index in [4.69, 9.17) is 0 Å². The first-order valence-corrected chi connectivity index (χ1v) is 10.1. The third-order valence-corrected chi connectivity index (χ3v) is 5.43. The van der Waals surface area contributed by atoms with Gasteiger partial charge in [0.25, 0.3) is 5.91 Å². The highest BCUT2D eigenvalue weighted by molar-refractivity contribution is 6.07. The van der Waals surface area contributed by atoms with Crippen molar-refractivity contribution in [2.75, 3.05) is 10.6 Å². The van der Waals surface area contributed by atoms with Crippen LogP contribution in [0.2, 0.25) is 0 Å². The Hall–Kier alpha value is -2.82. The molecule has 29 heavy (non-hydrogen) atoms. The number of hydrogen-bond donors (Lipinski definition) is 3. The summed E-state index contributed by atoms with van der Waals surface area (Å²) in [6, 6.07) is 11.8. The first kappa shape index (κ1) is 22.5. The molecule has 5 heteroatoms. The SMILES string of the molecule is CCC(C)(C)Nc1cccc(NC(=O)c2cc(O)cc(C(=O)C(C)(C)CC)c2)c1. The van der Waals surface area contributed by atoms with Crippen LogP contribution in [-0.2, 0) is 0 Å². The first-order chi connectivity index (χ1) is 13.5. The number of anilines is 2. The molecular formula is C24H32N2O3. The van der Waals surface area contributed by atoms with E-state index in [1.807, 2.05) is 39.0 Å². The molecule has 2 rings (SSSR count). The summed E-state index contributed by atoms with van der Waals surface area (Å²) in [5.74, 6) is -0.581. The summed E-state index contributed by atoms with van der Waals surface area (Å²) < 4.78 is 0. The van der Waals surface area contributed by atoms with Crippen molar-refractivity contribution in [2.24, 2.45) is 5.41 Å². The minimum Gasteiger partial charge on any atom is -0.508 e. The third-order valence-electron chi connectivity index (χ3n) is 5.43. The lowest BCUT2D eigenvalue weighted by Crippen LogP contribution is -2.29. The molecule has 0 aliphatic heterocycles. The molecule has 2 aromatic carbocycles. The molecule has 0 radical (unpaired) electrons. The highest BCUT2D eigenvalue weighted by Crippen LogP contribution is 2.28. The van der Waals surface area contributed by atoms with Crippen LogP contribution < -0.4 is 10.6 Å². The number of amides is 1. The quantitative estimate of drug-likeness (QED) is 0.488. The molecule has 5 nitrogen and oxygen atoms in total. The zero-order chi connectivity index (χ0) is 21.8. The number of aromatic hydroxyl groups is 1. The first-order valence-electron chi connectivity index (χ1n) is 10.1. The van der Waals surface area contributed by atoms with Crippen LogP contribution in [0.5, 0.6) is 5.75 Å². The Labute approximate surface area is 173 Å². The Morgan fingerprint density at radius 2 is 1.52 bits per heavy atom. The van der Waals surface area contributed by atoms with Crippen molar-refractivity contribution in [2.45, 2.75) is 59.9 Å². The lowest BCUT2D eigenvalue weighted by atomic mass is 9.81. The van der Waals surface area contributed by atoms with Crippen LogP contribution in [0.15, 0.2) is 42.5 Å². The number of Topliss-reactive ketones (excluding diaryl/α,β-unsaturated/α-hetero) is 1. The molecule has 1 amide bonds. The van der Waals surface area contributed by atoms with E-state index in [0.29, 0.717) is 17.7 Å². The van der Waals surface area contributed by atoms with Gasteiger partial charge in [-0.05, 0) is 63.1 Å². The van der Waals surface area contributed by atoms with E-state index in [0.717, 1.165) is 12.1 Å². The average Bonchev–Trinajstić information content (AvgIpc) is 2.66. The molecule has 0 atom stereocenters. The van der Waals surface area contributed by atoms with Gasteiger partial charge in [0.05, 0.1) is 0 Å². The summed E-state index contributed by atoms with van der Waals surface area (Å²) >= 11 is 0. The second kappa shape index (κ2) is 8.68. The van der Waals surface area contributed by atoms with Gasteiger partial charge in [-0.25, -0.2) is 0 Å². The molecule has 0 bridgehead atoms. The molecule has 0 saturated carbocycles. The molecule has 0 saturated heterocycles. The number of carbonyl (C=O) groups excluding carboxylic acids is 2. The van der Waals surface area contributed by atoms with Gasteiger partial charge >= 0.3 is 0 Å². The number of ketones is 1. The fourth-order valence-corrected chi connectivity index (χ4v) is 2.78. The smallest absolute Gasteiger partial charge is 0.255 e. The Bertz CT molecular complexity index is 901. The number of hydrogen-bond acceptors (Lipinski definition) is 4. The van der Waals surface area contributed by atoms with Crippen molar-refractivity contribution in [3.05, 3.63) is 53.6 Å². The lowest BCUT2D eigenvalue weighted by Gasteiger charge is -2.26. The maximum Gasteiger partial charge on any atom is 0.255 e. The molecular weight excluding hydrogens is 364 g/mol. The summed E-state index contributed by atoms with van der Waals surface area (Å²) in [5.41, 5.74) is 1.50. The van der Waals surface area contributed by atoms with Crippen LogP contribution in [0, 0.1) is 5.41 Å². The number of rotatable bonds is 8. The summed E-state index contributed by atoms with van der Waals surface area (Å²) in [5, 5.41) is 16.3.